The van der Waals surface area contributed by atoms with E-state index >= 15 is 0 Å². The smallest absolute Gasteiger partial charge is 0.394 e. The molecule has 23 heavy (non-hydrogen) atoms. The molecule has 0 aromatic rings. The number of urea groups is 1. The minimum atomic E-state index is -4.62. The first kappa shape index (κ1) is 17.9. The molecule has 1 aliphatic heterocycles. The summed E-state index contributed by atoms with van der Waals surface area (Å²) in [5, 5.41) is 11.8. The largest absolute Gasteiger partial charge is 0.481 e. The number of hydrogen-bond donors (Lipinski definition) is 2. The molecule has 1 saturated heterocycles. The van der Waals surface area contributed by atoms with E-state index in [0.29, 0.717) is 5.92 Å². The Hall–Kier alpha value is -1.47. The standard InChI is InChI=1S/C15H23F3N2O3/c1-2-9-5-3-4-6-12(9)19-14(23)20-7-10(13(21)22)11(8-20)15(16,17)18/h9-12H,2-8H2,1H3,(H,19,23)(H,21,22)/t9?,10-,11-,12?/m1/s1. The molecule has 2 rings (SSSR count). The van der Waals surface area contributed by atoms with E-state index in [4.69, 9.17) is 5.11 Å². The fraction of sp³-hybridized carbons (Fsp3) is 0.867. The van der Waals surface area contributed by atoms with Gasteiger partial charge in [0.2, 0.25) is 0 Å². The molecule has 5 nitrogen and oxygen atoms in total. The van der Waals surface area contributed by atoms with Crippen LogP contribution in [0.2, 0.25) is 0 Å². The lowest BCUT2D eigenvalue weighted by Gasteiger charge is -2.33. The molecule has 1 aliphatic carbocycles. The second-order valence-corrected chi connectivity index (χ2v) is 6.51. The third-order valence-corrected chi connectivity index (χ3v) is 5.09. The van der Waals surface area contributed by atoms with Gasteiger partial charge < -0.3 is 15.3 Å². The van der Waals surface area contributed by atoms with Crippen LogP contribution >= 0.6 is 0 Å². The topological polar surface area (TPSA) is 69.6 Å². The molecule has 2 N–H and O–H groups in total. The van der Waals surface area contributed by atoms with Crippen molar-refractivity contribution >= 4 is 12.0 Å². The Labute approximate surface area is 133 Å². The summed E-state index contributed by atoms with van der Waals surface area (Å²) in [6.07, 6.45) is 0.215. The van der Waals surface area contributed by atoms with Crippen molar-refractivity contribution in [1.29, 1.82) is 0 Å². The predicted octanol–water partition coefficient (Wildman–Crippen LogP) is 2.86. The molecule has 4 atom stereocenters. The van der Waals surface area contributed by atoms with Crippen LogP contribution in [0.5, 0.6) is 0 Å². The summed E-state index contributed by atoms with van der Waals surface area (Å²) in [5.74, 6) is -4.76. The highest BCUT2D eigenvalue weighted by molar-refractivity contribution is 5.78. The molecular weight excluding hydrogens is 313 g/mol. The molecule has 2 unspecified atom stereocenters. The number of rotatable bonds is 3. The highest BCUT2D eigenvalue weighted by Crippen LogP contribution is 2.38. The number of hydrogen-bond acceptors (Lipinski definition) is 2. The summed E-state index contributed by atoms with van der Waals surface area (Å²) in [6.45, 7) is 1.05. The third-order valence-electron chi connectivity index (χ3n) is 5.09. The van der Waals surface area contributed by atoms with Crippen molar-refractivity contribution in [2.45, 2.75) is 51.2 Å². The number of likely N-dealkylation sites (tertiary alicyclic amines) is 1. The summed E-state index contributed by atoms with van der Waals surface area (Å²) < 4.78 is 38.9. The second-order valence-electron chi connectivity index (χ2n) is 6.51. The zero-order chi connectivity index (χ0) is 17.2. The van der Waals surface area contributed by atoms with Crippen molar-refractivity contribution in [2.24, 2.45) is 17.8 Å². The number of alkyl halides is 3. The first-order valence-corrected chi connectivity index (χ1v) is 8.09. The van der Waals surface area contributed by atoms with Gasteiger partial charge in [-0.05, 0) is 18.8 Å². The third kappa shape index (κ3) is 4.09. The maximum Gasteiger partial charge on any atom is 0.394 e. The Morgan fingerprint density at radius 2 is 1.87 bits per heavy atom. The lowest BCUT2D eigenvalue weighted by atomic mass is 9.83. The molecule has 2 fully saturated rings. The highest BCUT2D eigenvalue weighted by atomic mass is 19.4. The average molecular weight is 336 g/mol. The molecular formula is C15H23F3N2O3. The van der Waals surface area contributed by atoms with E-state index in [1.54, 1.807) is 0 Å². The van der Waals surface area contributed by atoms with E-state index in [0.717, 1.165) is 37.0 Å². The quantitative estimate of drug-likeness (QED) is 0.833. The SMILES string of the molecule is CCC1CCCCC1NC(=O)N1C[C@@H](C(F)(F)F)[C@H](C(=O)O)C1. The zero-order valence-electron chi connectivity index (χ0n) is 13.1. The lowest BCUT2D eigenvalue weighted by molar-refractivity contribution is -0.187. The summed E-state index contributed by atoms with van der Waals surface area (Å²) in [5.41, 5.74) is 0. The molecule has 0 radical (unpaired) electrons. The van der Waals surface area contributed by atoms with Crippen LogP contribution < -0.4 is 5.32 Å². The molecule has 0 aromatic heterocycles. The van der Waals surface area contributed by atoms with Gasteiger partial charge in [0.25, 0.3) is 0 Å². The monoisotopic (exact) mass is 336 g/mol. The van der Waals surface area contributed by atoms with Gasteiger partial charge in [-0.15, -0.1) is 0 Å². The van der Waals surface area contributed by atoms with Crippen molar-refractivity contribution in [3.8, 4) is 0 Å². The molecule has 2 amide bonds. The van der Waals surface area contributed by atoms with Crippen LogP contribution in [0.3, 0.4) is 0 Å². The predicted molar refractivity (Wildman–Crippen MR) is 76.8 cm³/mol. The first-order valence-electron chi connectivity index (χ1n) is 8.09. The van der Waals surface area contributed by atoms with Gasteiger partial charge >= 0.3 is 18.2 Å². The molecule has 0 bridgehead atoms. The average Bonchev–Trinajstić information content (AvgIpc) is 2.93. The molecule has 1 saturated carbocycles. The van der Waals surface area contributed by atoms with Gasteiger partial charge in [-0.2, -0.15) is 13.2 Å². The lowest BCUT2D eigenvalue weighted by Crippen LogP contribution is -2.48. The fourth-order valence-electron chi connectivity index (χ4n) is 3.69. The van der Waals surface area contributed by atoms with Crippen LogP contribution in [0.1, 0.15) is 39.0 Å². The molecule has 8 heteroatoms. The minimum absolute atomic E-state index is 0.0329. The van der Waals surface area contributed by atoms with E-state index < -0.39 is 43.1 Å². The molecule has 2 aliphatic rings. The number of amides is 2. The van der Waals surface area contributed by atoms with E-state index in [1.807, 2.05) is 6.92 Å². The number of nitrogens with one attached hydrogen (secondary N) is 1. The number of carboxylic acids is 1. The van der Waals surface area contributed by atoms with Gasteiger partial charge in [0.1, 0.15) is 0 Å². The first-order chi connectivity index (χ1) is 10.7. The van der Waals surface area contributed by atoms with Gasteiger partial charge in [0, 0.05) is 19.1 Å². The summed E-state index contributed by atoms with van der Waals surface area (Å²) in [7, 11) is 0. The maximum absolute atomic E-state index is 13.0. The number of aliphatic carboxylic acids is 1. The normalized spacial score (nSPS) is 31.9. The van der Waals surface area contributed by atoms with Crippen molar-refractivity contribution in [1.82, 2.24) is 10.2 Å². The van der Waals surface area contributed by atoms with Crippen molar-refractivity contribution in [3.63, 3.8) is 0 Å². The number of halogens is 3. The van der Waals surface area contributed by atoms with Crippen LogP contribution in [0, 0.1) is 17.8 Å². The summed E-state index contributed by atoms with van der Waals surface area (Å²) in [4.78, 5) is 24.3. The van der Waals surface area contributed by atoms with Gasteiger partial charge in [-0.1, -0.05) is 26.2 Å². The number of carboxylic acid groups (broad SMARTS) is 1. The number of carbonyl (C=O) groups is 2. The molecule has 0 spiro atoms. The van der Waals surface area contributed by atoms with Crippen LogP contribution in [-0.2, 0) is 4.79 Å². The van der Waals surface area contributed by atoms with Gasteiger partial charge in [-0.3, -0.25) is 4.79 Å². The van der Waals surface area contributed by atoms with Crippen molar-refractivity contribution in [2.75, 3.05) is 13.1 Å². The Bertz CT molecular complexity index is 456. The van der Waals surface area contributed by atoms with Crippen LogP contribution in [-0.4, -0.2) is 47.3 Å². The molecule has 0 aromatic carbocycles. The Kier molecular flexibility index (Phi) is 5.41. The van der Waals surface area contributed by atoms with Gasteiger partial charge in [0.05, 0.1) is 11.8 Å². The number of carbonyl (C=O) groups excluding carboxylic acids is 1. The maximum atomic E-state index is 13.0. The van der Waals surface area contributed by atoms with Crippen molar-refractivity contribution in [3.05, 3.63) is 0 Å². The van der Waals surface area contributed by atoms with E-state index in [2.05, 4.69) is 5.32 Å². The van der Waals surface area contributed by atoms with E-state index in [1.165, 1.54) is 0 Å². The summed E-state index contributed by atoms with van der Waals surface area (Å²) >= 11 is 0. The van der Waals surface area contributed by atoms with Crippen molar-refractivity contribution < 1.29 is 27.9 Å². The Morgan fingerprint density at radius 3 is 2.39 bits per heavy atom. The van der Waals surface area contributed by atoms with Gasteiger partial charge in [-0.25, -0.2) is 4.79 Å². The highest BCUT2D eigenvalue weighted by Gasteiger charge is 2.53. The zero-order valence-corrected chi connectivity index (χ0v) is 13.1. The van der Waals surface area contributed by atoms with Crippen LogP contribution in [0.4, 0.5) is 18.0 Å². The number of nitrogens with zero attached hydrogens (tertiary/aromatic N) is 1. The Morgan fingerprint density at radius 1 is 1.22 bits per heavy atom. The fourth-order valence-corrected chi connectivity index (χ4v) is 3.69. The van der Waals surface area contributed by atoms with E-state index in [-0.39, 0.29) is 6.04 Å². The van der Waals surface area contributed by atoms with Crippen LogP contribution in [0.15, 0.2) is 0 Å². The second kappa shape index (κ2) is 6.97. The van der Waals surface area contributed by atoms with E-state index in [9.17, 15) is 22.8 Å². The molecule has 132 valence electrons. The Balaban J connectivity index is 2.01. The minimum Gasteiger partial charge on any atom is -0.481 e. The molecule has 1 heterocycles. The van der Waals surface area contributed by atoms with Gasteiger partial charge in [0.15, 0.2) is 0 Å². The summed E-state index contributed by atoms with van der Waals surface area (Å²) in [6, 6.07) is -0.609. The van der Waals surface area contributed by atoms with Crippen LogP contribution in [0.25, 0.3) is 0 Å².